The molecule has 4 nitrogen and oxygen atoms in total. The maximum Gasteiger partial charge on any atom is 0.261 e. The zero-order valence-corrected chi connectivity index (χ0v) is 14.6. The molecule has 120 valence electrons. The van der Waals surface area contributed by atoms with Gasteiger partial charge in [0, 0.05) is 17.3 Å². The molecule has 1 aromatic carbocycles. The molecule has 0 heterocycles. The summed E-state index contributed by atoms with van der Waals surface area (Å²) in [5, 5.41) is 0. The van der Waals surface area contributed by atoms with Gasteiger partial charge in [0.25, 0.3) is 9.05 Å². The summed E-state index contributed by atoms with van der Waals surface area (Å²) in [5.41, 5.74) is 1.39. The predicted molar refractivity (Wildman–Crippen MR) is 84.7 cm³/mol. The second-order valence-electron chi connectivity index (χ2n) is 5.39. The van der Waals surface area contributed by atoms with Gasteiger partial charge >= 0.3 is 0 Å². The van der Waals surface area contributed by atoms with Crippen LogP contribution in [0.4, 0.5) is 0 Å². The summed E-state index contributed by atoms with van der Waals surface area (Å²) in [6, 6.07) is 3.10. The SMILES string of the molecule is Cc1c(OCCOCCC(C)C)ccc(S(=O)(=O)Cl)c1C. The van der Waals surface area contributed by atoms with Gasteiger partial charge in [0.1, 0.15) is 12.4 Å². The average molecular weight is 335 g/mol. The molecule has 0 radical (unpaired) electrons. The third-order valence-electron chi connectivity index (χ3n) is 3.28. The Hall–Kier alpha value is -0.780. The van der Waals surface area contributed by atoms with Gasteiger partial charge in [-0.15, -0.1) is 0 Å². The molecular weight excluding hydrogens is 312 g/mol. The van der Waals surface area contributed by atoms with E-state index in [-0.39, 0.29) is 4.90 Å². The summed E-state index contributed by atoms with van der Waals surface area (Å²) < 4.78 is 33.9. The molecule has 0 aliphatic carbocycles. The van der Waals surface area contributed by atoms with Crippen LogP contribution in [0.1, 0.15) is 31.4 Å². The normalized spacial score (nSPS) is 11.9. The van der Waals surface area contributed by atoms with Crippen LogP contribution < -0.4 is 4.74 Å². The van der Waals surface area contributed by atoms with Crippen LogP contribution in [0, 0.1) is 19.8 Å². The van der Waals surface area contributed by atoms with E-state index in [2.05, 4.69) is 13.8 Å². The van der Waals surface area contributed by atoms with Crippen LogP contribution in [0.2, 0.25) is 0 Å². The van der Waals surface area contributed by atoms with Gasteiger partial charge in [-0.3, -0.25) is 0 Å². The lowest BCUT2D eigenvalue weighted by molar-refractivity contribution is 0.0923. The molecule has 0 fully saturated rings. The van der Waals surface area contributed by atoms with Crippen LogP contribution in [-0.4, -0.2) is 28.2 Å². The molecule has 0 bridgehead atoms. The monoisotopic (exact) mass is 334 g/mol. The molecule has 0 aliphatic heterocycles. The first-order valence-corrected chi connectivity index (χ1v) is 9.29. The minimum absolute atomic E-state index is 0.127. The largest absolute Gasteiger partial charge is 0.491 e. The number of ether oxygens (including phenoxy) is 2. The Balaban J connectivity index is 2.56. The Morgan fingerprint density at radius 3 is 2.33 bits per heavy atom. The van der Waals surface area contributed by atoms with Gasteiger partial charge in [0.15, 0.2) is 0 Å². The molecule has 6 heteroatoms. The molecule has 1 rings (SSSR count). The smallest absolute Gasteiger partial charge is 0.261 e. The maximum absolute atomic E-state index is 11.4. The Morgan fingerprint density at radius 1 is 1.10 bits per heavy atom. The second-order valence-corrected chi connectivity index (χ2v) is 7.93. The first-order chi connectivity index (χ1) is 9.73. The van der Waals surface area contributed by atoms with Crippen molar-refractivity contribution in [2.24, 2.45) is 5.92 Å². The highest BCUT2D eigenvalue weighted by molar-refractivity contribution is 8.13. The van der Waals surface area contributed by atoms with Gasteiger partial charge in [-0.2, -0.15) is 0 Å². The van der Waals surface area contributed by atoms with Gasteiger partial charge in [-0.05, 0) is 49.4 Å². The third kappa shape index (κ3) is 5.85. The van der Waals surface area contributed by atoms with E-state index in [1.54, 1.807) is 13.0 Å². The molecule has 1 aromatic rings. The number of hydrogen-bond acceptors (Lipinski definition) is 4. The summed E-state index contributed by atoms with van der Waals surface area (Å²) in [6.45, 7) is 9.51. The Kier molecular flexibility index (Phi) is 6.97. The minimum Gasteiger partial charge on any atom is -0.491 e. The lowest BCUT2D eigenvalue weighted by Gasteiger charge is -2.13. The zero-order valence-electron chi connectivity index (χ0n) is 13.0. The maximum atomic E-state index is 11.4. The lowest BCUT2D eigenvalue weighted by atomic mass is 10.1. The van der Waals surface area contributed by atoms with E-state index < -0.39 is 9.05 Å². The fourth-order valence-electron chi connectivity index (χ4n) is 1.82. The molecule has 0 aliphatic rings. The average Bonchev–Trinajstić information content (AvgIpc) is 2.36. The van der Waals surface area contributed by atoms with E-state index in [0.29, 0.717) is 30.4 Å². The first kappa shape index (κ1) is 18.3. The fraction of sp³-hybridized carbons (Fsp3) is 0.600. The van der Waals surface area contributed by atoms with Crippen molar-refractivity contribution in [1.29, 1.82) is 0 Å². The highest BCUT2D eigenvalue weighted by Gasteiger charge is 2.16. The van der Waals surface area contributed by atoms with E-state index in [9.17, 15) is 8.42 Å². The molecule has 0 unspecified atom stereocenters. The highest BCUT2D eigenvalue weighted by Crippen LogP contribution is 2.28. The Labute approximate surface area is 131 Å². The zero-order chi connectivity index (χ0) is 16.0. The molecular formula is C15H23ClO4S. The number of benzene rings is 1. The van der Waals surface area contributed by atoms with Gasteiger partial charge < -0.3 is 9.47 Å². The van der Waals surface area contributed by atoms with Crippen LogP contribution in [0.5, 0.6) is 5.75 Å². The van der Waals surface area contributed by atoms with Crippen LogP contribution in [-0.2, 0) is 13.8 Å². The molecule has 0 aromatic heterocycles. The fourth-order valence-corrected chi connectivity index (χ4v) is 3.07. The molecule has 0 atom stereocenters. The molecule has 0 N–H and O–H groups in total. The van der Waals surface area contributed by atoms with Crippen molar-refractivity contribution >= 4 is 19.7 Å². The van der Waals surface area contributed by atoms with Gasteiger partial charge in [-0.1, -0.05) is 13.8 Å². The van der Waals surface area contributed by atoms with E-state index in [1.165, 1.54) is 6.07 Å². The van der Waals surface area contributed by atoms with Crippen molar-refractivity contribution in [2.45, 2.75) is 39.0 Å². The number of rotatable bonds is 8. The Morgan fingerprint density at radius 2 is 1.76 bits per heavy atom. The van der Waals surface area contributed by atoms with Gasteiger partial charge in [0.05, 0.1) is 11.5 Å². The highest BCUT2D eigenvalue weighted by atomic mass is 35.7. The summed E-state index contributed by atoms with van der Waals surface area (Å²) >= 11 is 0. The minimum atomic E-state index is -3.72. The quantitative estimate of drug-likeness (QED) is 0.537. The molecule has 21 heavy (non-hydrogen) atoms. The third-order valence-corrected chi connectivity index (χ3v) is 4.74. The van der Waals surface area contributed by atoms with Crippen molar-refractivity contribution in [2.75, 3.05) is 19.8 Å². The molecule has 0 saturated carbocycles. The molecule has 0 amide bonds. The predicted octanol–water partition coefficient (Wildman–Crippen LogP) is 3.67. The number of hydrogen-bond donors (Lipinski definition) is 0. The summed E-state index contributed by atoms with van der Waals surface area (Å²) in [6.07, 6.45) is 1.03. The van der Waals surface area contributed by atoms with Crippen molar-refractivity contribution in [3.63, 3.8) is 0 Å². The van der Waals surface area contributed by atoms with Crippen molar-refractivity contribution in [3.8, 4) is 5.75 Å². The summed E-state index contributed by atoms with van der Waals surface area (Å²) in [4.78, 5) is 0.127. The van der Waals surface area contributed by atoms with Crippen LogP contribution in [0.25, 0.3) is 0 Å². The molecule has 0 saturated heterocycles. The van der Waals surface area contributed by atoms with Crippen molar-refractivity contribution in [3.05, 3.63) is 23.3 Å². The first-order valence-electron chi connectivity index (χ1n) is 6.99. The van der Waals surface area contributed by atoms with E-state index >= 15 is 0 Å². The topological polar surface area (TPSA) is 52.6 Å². The van der Waals surface area contributed by atoms with Gasteiger partial charge in [-0.25, -0.2) is 8.42 Å². The van der Waals surface area contributed by atoms with Crippen LogP contribution in [0.3, 0.4) is 0 Å². The summed E-state index contributed by atoms with van der Waals surface area (Å²) in [5.74, 6) is 1.28. The Bertz CT molecular complexity index is 567. The summed E-state index contributed by atoms with van der Waals surface area (Å²) in [7, 11) is 1.67. The second kappa shape index (κ2) is 8.01. The van der Waals surface area contributed by atoms with Crippen LogP contribution >= 0.6 is 10.7 Å². The van der Waals surface area contributed by atoms with Crippen molar-refractivity contribution < 1.29 is 17.9 Å². The molecule has 0 spiro atoms. The van der Waals surface area contributed by atoms with E-state index in [4.69, 9.17) is 20.2 Å². The van der Waals surface area contributed by atoms with Crippen molar-refractivity contribution in [1.82, 2.24) is 0 Å². The van der Waals surface area contributed by atoms with Gasteiger partial charge in [0.2, 0.25) is 0 Å². The van der Waals surface area contributed by atoms with Crippen LogP contribution in [0.15, 0.2) is 17.0 Å². The van der Waals surface area contributed by atoms with E-state index in [0.717, 1.165) is 18.6 Å². The standard InChI is InChI=1S/C15H23ClO4S/c1-11(2)7-8-19-9-10-20-14-5-6-15(21(16,17)18)13(4)12(14)3/h5-6,11H,7-10H2,1-4H3. The number of halogens is 1. The van der Waals surface area contributed by atoms with E-state index in [1.807, 2.05) is 6.92 Å². The lowest BCUT2D eigenvalue weighted by Crippen LogP contribution is -2.10.